The molecular weight excluding hydrogens is 595 g/mol. The van der Waals surface area contributed by atoms with Gasteiger partial charge >= 0.3 is 5.97 Å². The average Bonchev–Trinajstić information content (AvgIpc) is 3.57. The van der Waals surface area contributed by atoms with Crippen LogP contribution in [0.3, 0.4) is 0 Å². The molecule has 14 heteroatoms. The number of pyridine rings is 1. The van der Waals surface area contributed by atoms with E-state index in [0.717, 1.165) is 42.2 Å². The molecule has 1 N–H and O–H groups in total. The quantitative estimate of drug-likeness (QED) is 0.177. The minimum absolute atomic E-state index is 0.0581. The largest absolute Gasteiger partial charge is 0.478 e. The van der Waals surface area contributed by atoms with Crippen molar-refractivity contribution in [3.63, 3.8) is 0 Å². The maximum atomic E-state index is 15.4. The van der Waals surface area contributed by atoms with Crippen LogP contribution in [-0.2, 0) is 24.3 Å². The lowest BCUT2D eigenvalue weighted by Crippen LogP contribution is -2.31. The monoisotopic (exact) mass is 616 g/mol. The number of hydrogen-bond donors (Lipinski definition) is 1. The van der Waals surface area contributed by atoms with E-state index in [4.69, 9.17) is 9.47 Å². The van der Waals surface area contributed by atoms with Crippen LogP contribution in [0.5, 0.6) is 5.88 Å². The third-order valence-corrected chi connectivity index (χ3v) is 7.91. The molecule has 1 fully saturated rings. The summed E-state index contributed by atoms with van der Waals surface area (Å²) in [5, 5.41) is 9.70. The number of aromatic carboxylic acids is 1. The summed E-state index contributed by atoms with van der Waals surface area (Å²) in [4.78, 5) is 23.7. The number of rotatable bonds is 10. The minimum atomic E-state index is -2.64. The SMILES string of the molecule is O=C(O)c1cc(F)c2nc(Cc3cc(F)c(-c4cccc(OCc5ncc(C(F)F)s5)n4)cc3F)n(CC3CCO3)c2c1. The molecule has 8 nitrogen and oxygen atoms in total. The van der Waals surface area contributed by atoms with Crippen molar-refractivity contribution in [1.82, 2.24) is 19.5 Å². The zero-order valence-corrected chi connectivity index (χ0v) is 22.9. The number of carbonyl (C=O) groups is 1. The van der Waals surface area contributed by atoms with E-state index in [9.17, 15) is 23.1 Å². The van der Waals surface area contributed by atoms with E-state index in [2.05, 4.69) is 15.0 Å². The predicted molar refractivity (Wildman–Crippen MR) is 145 cm³/mol. The van der Waals surface area contributed by atoms with Crippen LogP contribution in [0.15, 0.2) is 48.7 Å². The fourth-order valence-corrected chi connectivity index (χ4v) is 5.38. The second-order valence-electron chi connectivity index (χ2n) is 9.76. The Bertz CT molecular complexity index is 1840. The Kier molecular flexibility index (Phi) is 7.79. The van der Waals surface area contributed by atoms with Crippen molar-refractivity contribution in [2.75, 3.05) is 6.61 Å². The summed E-state index contributed by atoms with van der Waals surface area (Å²) in [7, 11) is 0. The molecule has 0 spiro atoms. The summed E-state index contributed by atoms with van der Waals surface area (Å²) in [6, 6.07) is 8.62. The highest BCUT2D eigenvalue weighted by molar-refractivity contribution is 7.11. The number of thiazole rings is 1. The summed E-state index contributed by atoms with van der Waals surface area (Å²) in [6.07, 6.45) is -1.27. The molecule has 0 radical (unpaired) electrons. The number of imidazole rings is 1. The molecule has 0 amide bonds. The first kappa shape index (κ1) is 28.7. The minimum Gasteiger partial charge on any atom is -0.478 e. The Morgan fingerprint density at radius 1 is 1.12 bits per heavy atom. The van der Waals surface area contributed by atoms with Crippen molar-refractivity contribution >= 4 is 28.3 Å². The number of carboxylic acids is 1. The lowest BCUT2D eigenvalue weighted by molar-refractivity contribution is -0.0589. The first-order valence-electron chi connectivity index (χ1n) is 13.0. The Morgan fingerprint density at radius 2 is 1.93 bits per heavy atom. The van der Waals surface area contributed by atoms with Crippen molar-refractivity contribution in [2.24, 2.45) is 0 Å². The molecule has 1 aliphatic rings. The third kappa shape index (κ3) is 5.92. The number of fused-ring (bicyclic) bond motifs is 1. The van der Waals surface area contributed by atoms with Gasteiger partial charge in [-0.3, -0.25) is 0 Å². The normalized spacial score (nSPS) is 14.8. The number of benzene rings is 2. The van der Waals surface area contributed by atoms with Gasteiger partial charge in [0.2, 0.25) is 5.88 Å². The first-order chi connectivity index (χ1) is 20.7. The molecule has 2 aromatic carbocycles. The molecule has 5 aromatic rings. The zero-order valence-electron chi connectivity index (χ0n) is 22.1. The van der Waals surface area contributed by atoms with Gasteiger partial charge in [0.15, 0.2) is 5.82 Å². The Labute approximate surface area is 244 Å². The molecule has 1 saturated heterocycles. The van der Waals surface area contributed by atoms with E-state index in [1.54, 1.807) is 4.57 Å². The van der Waals surface area contributed by atoms with Crippen molar-refractivity contribution in [3.8, 4) is 17.1 Å². The molecule has 1 atom stereocenters. The van der Waals surface area contributed by atoms with Crippen LogP contribution in [0.25, 0.3) is 22.3 Å². The van der Waals surface area contributed by atoms with Gasteiger partial charge in [0.1, 0.15) is 34.6 Å². The average molecular weight is 617 g/mol. The lowest BCUT2D eigenvalue weighted by Gasteiger charge is -2.27. The summed E-state index contributed by atoms with van der Waals surface area (Å²) in [5.41, 5.74) is -0.264. The highest BCUT2D eigenvalue weighted by atomic mass is 32.1. The Hall–Kier alpha value is -4.43. The number of hydrogen-bond acceptors (Lipinski definition) is 7. The van der Waals surface area contributed by atoms with Crippen LogP contribution >= 0.6 is 11.3 Å². The fourth-order valence-electron chi connectivity index (χ4n) is 4.69. The van der Waals surface area contributed by atoms with E-state index < -0.39 is 29.8 Å². The van der Waals surface area contributed by atoms with Gasteiger partial charge in [-0.15, -0.1) is 11.3 Å². The van der Waals surface area contributed by atoms with Gasteiger partial charge in [-0.25, -0.2) is 41.7 Å². The molecule has 6 rings (SSSR count). The zero-order chi connectivity index (χ0) is 30.2. The molecule has 3 aromatic heterocycles. The van der Waals surface area contributed by atoms with Crippen LogP contribution in [0, 0.1) is 17.5 Å². The van der Waals surface area contributed by atoms with Gasteiger partial charge < -0.3 is 19.1 Å². The maximum Gasteiger partial charge on any atom is 0.335 e. The molecule has 1 aliphatic heterocycles. The maximum absolute atomic E-state index is 15.4. The van der Waals surface area contributed by atoms with Crippen molar-refractivity contribution in [1.29, 1.82) is 0 Å². The Balaban J connectivity index is 1.27. The summed E-state index contributed by atoms with van der Waals surface area (Å²) < 4.78 is 83.8. The van der Waals surface area contributed by atoms with Crippen LogP contribution in [0.2, 0.25) is 0 Å². The van der Waals surface area contributed by atoms with Crippen molar-refractivity contribution in [2.45, 2.75) is 38.5 Å². The van der Waals surface area contributed by atoms with E-state index in [-0.39, 0.29) is 75.7 Å². The second kappa shape index (κ2) is 11.7. The van der Waals surface area contributed by atoms with Crippen LogP contribution < -0.4 is 4.74 Å². The highest BCUT2D eigenvalue weighted by Gasteiger charge is 2.25. The topological polar surface area (TPSA) is 99.4 Å². The van der Waals surface area contributed by atoms with Gasteiger partial charge in [-0.2, -0.15) is 0 Å². The number of alkyl halides is 2. The molecule has 0 bridgehead atoms. The number of nitrogens with zero attached hydrogens (tertiary/aromatic N) is 4. The number of carboxylic acid groups (broad SMARTS) is 1. The standard InChI is InChI=1S/C29H21F5N4O4S/c30-18-10-17(21-2-1-3-25(36-21)42-13-26-35-11-23(43-26)28(33)34)19(31)6-14(18)9-24-37-27-20(32)7-15(29(39)40)8-22(27)38(24)12-16-4-5-41-16/h1-3,6-8,10-11,16,28H,4-5,9,12-13H2,(H,39,40). The molecule has 0 saturated carbocycles. The van der Waals surface area contributed by atoms with Crippen LogP contribution in [0.1, 0.15) is 44.5 Å². The molecule has 0 aliphatic carbocycles. The summed E-state index contributed by atoms with van der Waals surface area (Å²) >= 11 is 0.796. The smallest absolute Gasteiger partial charge is 0.335 e. The van der Waals surface area contributed by atoms with Gasteiger partial charge in [-0.1, -0.05) is 6.07 Å². The van der Waals surface area contributed by atoms with E-state index in [1.165, 1.54) is 24.3 Å². The van der Waals surface area contributed by atoms with Gasteiger partial charge in [0.05, 0.1) is 34.3 Å². The third-order valence-electron chi connectivity index (χ3n) is 6.93. The van der Waals surface area contributed by atoms with Crippen LogP contribution in [-0.4, -0.2) is 43.3 Å². The lowest BCUT2D eigenvalue weighted by atomic mass is 10.0. The van der Waals surface area contributed by atoms with Gasteiger partial charge in [-0.05, 0) is 42.3 Å². The summed E-state index contributed by atoms with van der Waals surface area (Å²) in [6.45, 7) is 0.649. The molecule has 222 valence electrons. The van der Waals surface area contributed by atoms with E-state index >= 15 is 8.78 Å². The fraction of sp³-hybridized carbons (Fsp3) is 0.241. The van der Waals surface area contributed by atoms with Crippen LogP contribution in [0.4, 0.5) is 22.0 Å². The van der Waals surface area contributed by atoms with Crippen molar-refractivity contribution in [3.05, 3.63) is 92.9 Å². The predicted octanol–water partition coefficient (Wildman–Crippen LogP) is 6.57. The molecule has 43 heavy (non-hydrogen) atoms. The molecular formula is C29H21F5N4O4S. The second-order valence-corrected chi connectivity index (χ2v) is 10.9. The molecule has 1 unspecified atom stereocenters. The van der Waals surface area contributed by atoms with Crippen molar-refractivity contribution < 1.29 is 41.3 Å². The first-order valence-corrected chi connectivity index (χ1v) is 13.8. The highest BCUT2D eigenvalue weighted by Crippen LogP contribution is 2.30. The van der Waals surface area contributed by atoms with Gasteiger partial charge in [0, 0.05) is 30.9 Å². The van der Waals surface area contributed by atoms with E-state index in [0.29, 0.717) is 11.6 Å². The number of aromatic nitrogens is 4. The number of halogens is 5. The summed E-state index contributed by atoms with van der Waals surface area (Å²) in [5.74, 6) is -3.44. The van der Waals surface area contributed by atoms with E-state index in [1.807, 2.05) is 0 Å². The Morgan fingerprint density at radius 3 is 2.63 bits per heavy atom. The molecule has 4 heterocycles. The van der Waals surface area contributed by atoms with Gasteiger partial charge in [0.25, 0.3) is 6.43 Å². The number of ether oxygens (including phenoxy) is 2.